The Morgan fingerprint density at radius 2 is 1.63 bits per heavy atom. The predicted octanol–water partition coefficient (Wildman–Crippen LogP) is 4.08. The molecule has 2 N–H and O–H groups in total. The van der Waals surface area contributed by atoms with Gasteiger partial charge in [0.25, 0.3) is 0 Å². The summed E-state index contributed by atoms with van der Waals surface area (Å²) in [6.07, 6.45) is 1.07. The van der Waals surface area contributed by atoms with E-state index in [2.05, 4.69) is 5.32 Å². The molecule has 0 aliphatic rings. The molecule has 3 rings (SSSR count). The van der Waals surface area contributed by atoms with Crippen molar-refractivity contribution in [3.63, 3.8) is 0 Å². The lowest BCUT2D eigenvalue weighted by molar-refractivity contribution is 0.0695. The van der Waals surface area contributed by atoms with Gasteiger partial charge in [0.15, 0.2) is 0 Å². The molecule has 0 bridgehead atoms. The second-order valence-corrected chi connectivity index (χ2v) is 7.29. The van der Waals surface area contributed by atoms with E-state index in [1.165, 1.54) is 10.6 Å². The molecular formula is C21H20N2O4. The van der Waals surface area contributed by atoms with Gasteiger partial charge in [-0.1, -0.05) is 51.1 Å². The van der Waals surface area contributed by atoms with Crippen molar-refractivity contribution in [2.24, 2.45) is 0 Å². The number of carboxylic acid groups (broad SMARTS) is 1. The van der Waals surface area contributed by atoms with Gasteiger partial charge in [0.2, 0.25) is 5.43 Å². The van der Waals surface area contributed by atoms with Gasteiger partial charge in [-0.2, -0.15) is 0 Å². The number of fused-ring (bicyclic) bond motifs is 1. The molecule has 0 unspecified atom stereocenters. The van der Waals surface area contributed by atoms with Crippen molar-refractivity contribution in [2.45, 2.75) is 26.2 Å². The first kappa shape index (κ1) is 18.4. The fourth-order valence-electron chi connectivity index (χ4n) is 3.02. The summed E-state index contributed by atoms with van der Waals surface area (Å²) in [5.41, 5.74) is 0.669. The summed E-state index contributed by atoms with van der Waals surface area (Å²) < 4.78 is 1.17. The third kappa shape index (κ3) is 3.46. The minimum atomic E-state index is -1.37. The van der Waals surface area contributed by atoms with E-state index in [9.17, 15) is 19.5 Å². The number of anilines is 1. The number of nitrogens with one attached hydrogen (secondary N) is 1. The maximum atomic E-state index is 13.0. The van der Waals surface area contributed by atoms with E-state index in [0.717, 1.165) is 11.8 Å². The van der Waals surface area contributed by atoms with Crippen molar-refractivity contribution in [3.05, 3.63) is 76.1 Å². The molecular weight excluding hydrogens is 344 g/mol. The molecule has 138 valence electrons. The minimum Gasteiger partial charge on any atom is -0.477 e. The molecule has 0 fully saturated rings. The average molecular weight is 364 g/mol. The van der Waals surface area contributed by atoms with Gasteiger partial charge < -0.3 is 10.4 Å². The Hall–Kier alpha value is -3.41. The molecule has 6 heteroatoms. The summed E-state index contributed by atoms with van der Waals surface area (Å²) in [7, 11) is 0. The Bertz CT molecular complexity index is 1110. The molecule has 2 aromatic carbocycles. The first-order valence-corrected chi connectivity index (χ1v) is 8.48. The van der Waals surface area contributed by atoms with Crippen LogP contribution in [0.15, 0.2) is 59.5 Å². The maximum absolute atomic E-state index is 13.0. The molecule has 1 aromatic heterocycles. The third-order valence-corrected chi connectivity index (χ3v) is 4.34. The Morgan fingerprint density at radius 1 is 1.00 bits per heavy atom. The van der Waals surface area contributed by atoms with Gasteiger partial charge in [-0.05, 0) is 29.2 Å². The lowest BCUT2D eigenvalue weighted by Crippen LogP contribution is -2.27. The van der Waals surface area contributed by atoms with E-state index >= 15 is 0 Å². The van der Waals surface area contributed by atoms with Crippen molar-refractivity contribution >= 4 is 28.6 Å². The number of benzene rings is 2. The molecule has 6 nitrogen and oxygen atoms in total. The molecule has 27 heavy (non-hydrogen) atoms. The number of para-hydroxylation sites is 2. The van der Waals surface area contributed by atoms with Gasteiger partial charge in [0.1, 0.15) is 5.56 Å². The fraction of sp³-hybridized carbons (Fsp3) is 0.190. The number of pyridine rings is 1. The number of hydrogen-bond acceptors (Lipinski definition) is 3. The molecule has 0 aliphatic carbocycles. The topological polar surface area (TPSA) is 88.4 Å². The molecule has 0 aliphatic heterocycles. The van der Waals surface area contributed by atoms with Crippen LogP contribution >= 0.6 is 0 Å². The molecule has 1 amide bonds. The van der Waals surface area contributed by atoms with Gasteiger partial charge in [-0.25, -0.2) is 9.59 Å². The first-order chi connectivity index (χ1) is 12.7. The van der Waals surface area contributed by atoms with Gasteiger partial charge in [-0.3, -0.25) is 9.36 Å². The molecule has 0 atom stereocenters. The molecule has 0 radical (unpaired) electrons. The largest absolute Gasteiger partial charge is 0.477 e. The van der Waals surface area contributed by atoms with Gasteiger partial charge in [0, 0.05) is 17.3 Å². The normalized spacial score (nSPS) is 11.4. The number of carboxylic acids is 1. The highest BCUT2D eigenvalue weighted by atomic mass is 16.4. The van der Waals surface area contributed by atoms with E-state index in [-0.39, 0.29) is 10.8 Å². The maximum Gasteiger partial charge on any atom is 0.341 e. The molecule has 0 spiro atoms. The zero-order valence-corrected chi connectivity index (χ0v) is 15.3. The number of carbonyl (C=O) groups is 2. The van der Waals surface area contributed by atoms with Crippen molar-refractivity contribution < 1.29 is 14.7 Å². The van der Waals surface area contributed by atoms with E-state index in [0.29, 0.717) is 11.2 Å². The Morgan fingerprint density at radius 3 is 2.30 bits per heavy atom. The third-order valence-electron chi connectivity index (χ3n) is 4.34. The highest BCUT2D eigenvalue weighted by Crippen LogP contribution is 2.29. The van der Waals surface area contributed by atoms with E-state index in [1.807, 2.05) is 39.0 Å². The van der Waals surface area contributed by atoms with Crippen molar-refractivity contribution in [3.8, 4) is 0 Å². The standard InChI is InChI=1S/C21H20N2O4/c1-21(2,3)15-9-5-6-10-16(15)22-20(27)23-12-14(19(25)26)18(24)13-8-4-7-11-17(13)23/h4-12H,1-3H3,(H,22,27)(H,25,26). The summed E-state index contributed by atoms with van der Waals surface area (Å²) in [5.74, 6) is -1.37. The van der Waals surface area contributed by atoms with Crippen LogP contribution in [0.3, 0.4) is 0 Å². The SMILES string of the molecule is CC(C)(C)c1ccccc1NC(=O)n1cc(C(=O)O)c(=O)c2ccccc21. The second-order valence-electron chi connectivity index (χ2n) is 7.29. The first-order valence-electron chi connectivity index (χ1n) is 8.48. The summed E-state index contributed by atoms with van der Waals surface area (Å²) in [4.78, 5) is 36.8. The van der Waals surface area contributed by atoms with Crippen LogP contribution < -0.4 is 10.7 Å². The smallest absolute Gasteiger partial charge is 0.341 e. The lowest BCUT2D eigenvalue weighted by Gasteiger charge is -2.23. The molecule has 3 aromatic rings. The number of nitrogens with zero attached hydrogens (tertiary/aromatic N) is 1. The Balaban J connectivity index is 2.14. The van der Waals surface area contributed by atoms with Crippen molar-refractivity contribution in [1.29, 1.82) is 0 Å². The predicted molar refractivity (Wildman–Crippen MR) is 105 cm³/mol. The van der Waals surface area contributed by atoms with Crippen LogP contribution in [0.2, 0.25) is 0 Å². The summed E-state index contributed by atoms with van der Waals surface area (Å²) in [6, 6.07) is 13.3. The summed E-state index contributed by atoms with van der Waals surface area (Å²) in [5, 5.41) is 12.3. The van der Waals surface area contributed by atoms with E-state index in [4.69, 9.17) is 0 Å². The van der Waals surface area contributed by atoms with Gasteiger partial charge >= 0.3 is 12.0 Å². The zero-order chi connectivity index (χ0) is 19.8. The molecule has 0 saturated carbocycles. The highest BCUT2D eigenvalue weighted by molar-refractivity contribution is 6.01. The summed E-state index contributed by atoms with van der Waals surface area (Å²) in [6.45, 7) is 6.11. The second kappa shape index (κ2) is 6.72. The summed E-state index contributed by atoms with van der Waals surface area (Å²) >= 11 is 0. The number of hydrogen-bond donors (Lipinski definition) is 2. The highest BCUT2D eigenvalue weighted by Gasteiger charge is 2.21. The van der Waals surface area contributed by atoms with Gasteiger partial charge in [-0.15, -0.1) is 0 Å². The van der Waals surface area contributed by atoms with Crippen LogP contribution in [-0.2, 0) is 5.41 Å². The van der Waals surface area contributed by atoms with Crippen molar-refractivity contribution in [2.75, 3.05) is 5.32 Å². The quantitative estimate of drug-likeness (QED) is 0.717. The number of aromatic carboxylic acids is 1. The van der Waals surface area contributed by atoms with Crippen molar-refractivity contribution in [1.82, 2.24) is 4.57 Å². The molecule has 0 saturated heterocycles. The van der Waals surface area contributed by atoms with Crippen LogP contribution in [0, 0.1) is 0 Å². The van der Waals surface area contributed by atoms with Crippen LogP contribution in [0.4, 0.5) is 10.5 Å². The Kier molecular flexibility index (Phi) is 4.57. The fourth-order valence-corrected chi connectivity index (χ4v) is 3.02. The van der Waals surface area contributed by atoms with E-state index < -0.39 is 23.0 Å². The van der Waals surface area contributed by atoms with Crippen LogP contribution in [-0.4, -0.2) is 21.7 Å². The van der Waals surface area contributed by atoms with E-state index in [1.54, 1.807) is 24.3 Å². The number of rotatable bonds is 2. The zero-order valence-electron chi connectivity index (χ0n) is 15.3. The number of amides is 1. The average Bonchev–Trinajstić information content (AvgIpc) is 2.61. The Labute approximate surface area is 156 Å². The van der Waals surface area contributed by atoms with Crippen LogP contribution in [0.1, 0.15) is 36.7 Å². The minimum absolute atomic E-state index is 0.177. The number of carbonyl (C=O) groups excluding carboxylic acids is 1. The van der Waals surface area contributed by atoms with Crippen LogP contribution in [0.25, 0.3) is 10.9 Å². The van der Waals surface area contributed by atoms with Gasteiger partial charge in [0.05, 0.1) is 5.52 Å². The van der Waals surface area contributed by atoms with Crippen LogP contribution in [0.5, 0.6) is 0 Å². The monoisotopic (exact) mass is 364 g/mol. The molecule has 1 heterocycles. The lowest BCUT2D eigenvalue weighted by atomic mass is 9.86. The number of aromatic nitrogens is 1.